The fourth-order valence-electron chi connectivity index (χ4n) is 2.94. The average molecular weight is 421 g/mol. The lowest BCUT2D eigenvalue weighted by atomic mass is 10.1. The normalized spacial score (nSPS) is 10.6. The van der Waals surface area contributed by atoms with Gasteiger partial charge in [-0.2, -0.15) is 0 Å². The van der Waals surface area contributed by atoms with E-state index < -0.39 is 5.97 Å². The van der Waals surface area contributed by atoms with Crippen LogP contribution in [-0.4, -0.2) is 34.2 Å². The van der Waals surface area contributed by atoms with Gasteiger partial charge in [-0.05, 0) is 42.8 Å². The van der Waals surface area contributed by atoms with Gasteiger partial charge >= 0.3 is 5.97 Å². The van der Waals surface area contributed by atoms with Crippen LogP contribution in [0.2, 0.25) is 0 Å². The molecule has 1 amide bonds. The number of rotatable bonds is 9. The Morgan fingerprint density at radius 2 is 1.81 bits per heavy atom. The molecule has 31 heavy (non-hydrogen) atoms. The SMILES string of the molecule is CCC(=O)Nc1ccc(C(=O)COC(=O)CCCc2nc3ccccc3c(=O)[nH]2)cc1. The Hall–Kier alpha value is -3.81. The zero-order chi connectivity index (χ0) is 22.2. The van der Waals surface area contributed by atoms with E-state index in [1.54, 1.807) is 49.4 Å². The maximum atomic E-state index is 12.2. The molecule has 0 fully saturated rings. The van der Waals surface area contributed by atoms with E-state index in [2.05, 4.69) is 15.3 Å². The molecular weight excluding hydrogens is 398 g/mol. The lowest BCUT2D eigenvalue weighted by Crippen LogP contribution is -2.15. The van der Waals surface area contributed by atoms with Crippen molar-refractivity contribution in [3.05, 3.63) is 70.3 Å². The van der Waals surface area contributed by atoms with Crippen LogP contribution in [0.15, 0.2) is 53.3 Å². The first kappa shape index (κ1) is 21.9. The predicted molar refractivity (Wildman–Crippen MR) is 116 cm³/mol. The molecule has 160 valence electrons. The molecule has 0 spiro atoms. The Labute approximate surface area is 178 Å². The second kappa shape index (κ2) is 10.3. The number of ether oxygens (including phenoxy) is 1. The maximum absolute atomic E-state index is 12.2. The molecule has 3 aromatic rings. The van der Waals surface area contributed by atoms with Crippen molar-refractivity contribution in [2.24, 2.45) is 0 Å². The van der Waals surface area contributed by atoms with Crippen molar-refractivity contribution in [2.75, 3.05) is 11.9 Å². The third-order valence-corrected chi connectivity index (χ3v) is 4.63. The molecule has 8 nitrogen and oxygen atoms in total. The summed E-state index contributed by atoms with van der Waals surface area (Å²) < 4.78 is 5.05. The van der Waals surface area contributed by atoms with Crippen LogP contribution >= 0.6 is 0 Å². The van der Waals surface area contributed by atoms with Gasteiger partial charge in [0.25, 0.3) is 5.56 Å². The number of fused-ring (bicyclic) bond motifs is 1. The largest absolute Gasteiger partial charge is 0.457 e. The number of aryl methyl sites for hydroxylation is 1. The molecule has 0 aliphatic carbocycles. The number of anilines is 1. The number of nitrogens with one attached hydrogen (secondary N) is 2. The van der Waals surface area contributed by atoms with E-state index in [1.807, 2.05) is 6.07 Å². The van der Waals surface area contributed by atoms with Gasteiger partial charge in [0, 0.05) is 30.5 Å². The molecule has 0 unspecified atom stereocenters. The average Bonchev–Trinajstić information content (AvgIpc) is 2.78. The third kappa shape index (κ3) is 6.08. The van der Waals surface area contributed by atoms with E-state index in [0.717, 1.165) is 0 Å². The van der Waals surface area contributed by atoms with E-state index in [-0.39, 0.29) is 30.3 Å². The Kier molecular flexibility index (Phi) is 7.26. The molecule has 2 aromatic carbocycles. The number of amides is 1. The molecule has 8 heteroatoms. The Morgan fingerprint density at radius 3 is 2.55 bits per heavy atom. The van der Waals surface area contributed by atoms with Crippen LogP contribution in [0.1, 0.15) is 42.4 Å². The number of benzene rings is 2. The first-order valence-corrected chi connectivity index (χ1v) is 10.0. The monoisotopic (exact) mass is 421 g/mol. The summed E-state index contributed by atoms with van der Waals surface area (Å²) in [6.07, 6.45) is 1.31. The van der Waals surface area contributed by atoms with Crippen LogP contribution in [-0.2, 0) is 20.7 Å². The lowest BCUT2D eigenvalue weighted by Gasteiger charge is -2.07. The minimum absolute atomic E-state index is 0.103. The van der Waals surface area contributed by atoms with Crippen LogP contribution in [0.5, 0.6) is 0 Å². The number of Topliss-reactive ketones (excluding diaryl/α,β-unsaturated/α-hetero) is 1. The minimum atomic E-state index is -0.497. The van der Waals surface area contributed by atoms with Gasteiger partial charge in [-0.25, -0.2) is 4.98 Å². The third-order valence-electron chi connectivity index (χ3n) is 4.63. The number of carbonyl (C=O) groups is 3. The Morgan fingerprint density at radius 1 is 1.06 bits per heavy atom. The van der Waals surface area contributed by atoms with Gasteiger partial charge in [0.05, 0.1) is 10.9 Å². The van der Waals surface area contributed by atoms with Crippen LogP contribution in [0, 0.1) is 0 Å². The number of carbonyl (C=O) groups excluding carboxylic acids is 3. The summed E-state index contributed by atoms with van der Waals surface area (Å²) in [7, 11) is 0. The fourth-order valence-corrected chi connectivity index (χ4v) is 2.94. The zero-order valence-electron chi connectivity index (χ0n) is 17.1. The van der Waals surface area contributed by atoms with Gasteiger partial charge in [-0.15, -0.1) is 0 Å². The molecule has 0 saturated heterocycles. The van der Waals surface area contributed by atoms with Gasteiger partial charge in [0.2, 0.25) is 5.91 Å². The van der Waals surface area contributed by atoms with Crippen molar-refractivity contribution >= 4 is 34.3 Å². The summed E-state index contributed by atoms with van der Waals surface area (Å²) >= 11 is 0. The lowest BCUT2D eigenvalue weighted by molar-refractivity contribution is -0.142. The molecule has 2 N–H and O–H groups in total. The summed E-state index contributed by atoms with van der Waals surface area (Å²) in [4.78, 5) is 54.7. The summed E-state index contributed by atoms with van der Waals surface area (Å²) in [5, 5.41) is 3.21. The first-order valence-electron chi connectivity index (χ1n) is 10.0. The number of esters is 1. The summed E-state index contributed by atoms with van der Waals surface area (Å²) in [5.74, 6) is -0.440. The number of ketones is 1. The molecule has 0 bridgehead atoms. The van der Waals surface area contributed by atoms with E-state index in [1.165, 1.54) is 0 Å². The molecule has 1 aromatic heterocycles. The first-order chi connectivity index (χ1) is 15.0. The van der Waals surface area contributed by atoms with Crippen LogP contribution in [0.3, 0.4) is 0 Å². The highest BCUT2D eigenvalue weighted by Gasteiger charge is 2.11. The number of hydrogen-bond acceptors (Lipinski definition) is 6. The Bertz CT molecular complexity index is 1150. The summed E-state index contributed by atoms with van der Waals surface area (Å²) in [5.41, 5.74) is 1.38. The highest BCUT2D eigenvalue weighted by Crippen LogP contribution is 2.11. The quantitative estimate of drug-likeness (QED) is 0.405. The second-order valence-electron chi connectivity index (χ2n) is 6.95. The smallest absolute Gasteiger partial charge is 0.306 e. The van der Waals surface area contributed by atoms with Gasteiger partial charge in [-0.3, -0.25) is 19.2 Å². The standard InChI is InChI=1S/C23H23N3O5/c1-2-21(28)24-16-12-10-15(11-13-16)19(27)14-31-22(29)9-5-8-20-25-18-7-4-3-6-17(18)23(30)26-20/h3-4,6-7,10-13H,2,5,8-9,14H2,1H3,(H,24,28)(H,25,26,30). The molecule has 0 atom stereocenters. The molecule has 0 saturated carbocycles. The van der Waals surface area contributed by atoms with Crippen molar-refractivity contribution in [2.45, 2.75) is 32.6 Å². The number of hydrogen-bond donors (Lipinski definition) is 2. The van der Waals surface area contributed by atoms with Crippen molar-refractivity contribution in [1.29, 1.82) is 0 Å². The predicted octanol–water partition coefficient (Wildman–Crippen LogP) is 3.02. The van der Waals surface area contributed by atoms with Crippen molar-refractivity contribution in [3.63, 3.8) is 0 Å². The van der Waals surface area contributed by atoms with Crippen molar-refractivity contribution in [3.8, 4) is 0 Å². The van der Waals surface area contributed by atoms with Crippen LogP contribution in [0.4, 0.5) is 5.69 Å². The van der Waals surface area contributed by atoms with E-state index in [9.17, 15) is 19.2 Å². The fraction of sp³-hybridized carbons (Fsp3) is 0.261. The highest BCUT2D eigenvalue weighted by molar-refractivity contribution is 5.98. The second-order valence-corrected chi connectivity index (χ2v) is 6.95. The Balaban J connectivity index is 1.44. The van der Waals surface area contributed by atoms with E-state index in [0.29, 0.717) is 47.2 Å². The van der Waals surface area contributed by atoms with Gasteiger partial charge in [0.15, 0.2) is 12.4 Å². The molecule has 3 rings (SSSR count). The molecule has 0 aliphatic rings. The van der Waals surface area contributed by atoms with Gasteiger partial charge < -0.3 is 15.0 Å². The van der Waals surface area contributed by atoms with Gasteiger partial charge in [0.1, 0.15) is 5.82 Å². The molecule has 0 radical (unpaired) electrons. The number of H-pyrrole nitrogens is 1. The van der Waals surface area contributed by atoms with Crippen LogP contribution in [0.25, 0.3) is 10.9 Å². The zero-order valence-corrected chi connectivity index (χ0v) is 17.1. The topological polar surface area (TPSA) is 118 Å². The molecular formula is C23H23N3O5. The van der Waals surface area contributed by atoms with Crippen molar-refractivity contribution in [1.82, 2.24) is 9.97 Å². The van der Waals surface area contributed by atoms with E-state index >= 15 is 0 Å². The minimum Gasteiger partial charge on any atom is -0.457 e. The number of aromatic nitrogens is 2. The summed E-state index contributed by atoms with van der Waals surface area (Å²) in [6.45, 7) is 1.39. The van der Waals surface area contributed by atoms with E-state index in [4.69, 9.17) is 4.74 Å². The number of aromatic amines is 1. The number of nitrogens with zero attached hydrogens (tertiary/aromatic N) is 1. The van der Waals surface area contributed by atoms with Gasteiger partial charge in [-0.1, -0.05) is 19.1 Å². The maximum Gasteiger partial charge on any atom is 0.306 e. The number of para-hydroxylation sites is 1. The summed E-state index contributed by atoms with van der Waals surface area (Å²) in [6, 6.07) is 13.4. The molecule has 1 heterocycles. The van der Waals surface area contributed by atoms with Crippen LogP contribution < -0.4 is 10.9 Å². The molecule has 0 aliphatic heterocycles. The highest BCUT2D eigenvalue weighted by atomic mass is 16.5. The van der Waals surface area contributed by atoms with Crippen molar-refractivity contribution < 1.29 is 19.1 Å².